The molecule has 0 radical (unpaired) electrons. The van der Waals surface area contributed by atoms with E-state index in [0.29, 0.717) is 24.4 Å². The Morgan fingerprint density at radius 2 is 2.14 bits per heavy atom. The van der Waals surface area contributed by atoms with E-state index in [9.17, 15) is 4.79 Å². The SMILES string of the molecule is O=C(CCc1ccccc1)Nc1ncc(C#CCCO)s1. The van der Waals surface area contributed by atoms with Crippen LogP contribution in [0.2, 0.25) is 0 Å². The van der Waals surface area contributed by atoms with Crippen LogP contribution in [-0.4, -0.2) is 22.6 Å². The topological polar surface area (TPSA) is 62.2 Å². The second-order valence-corrected chi connectivity index (χ2v) is 5.37. The maximum Gasteiger partial charge on any atom is 0.226 e. The number of nitrogens with one attached hydrogen (secondary N) is 1. The van der Waals surface area contributed by atoms with Crippen LogP contribution in [0.4, 0.5) is 5.13 Å². The predicted octanol–water partition coefficient (Wildman–Crippen LogP) is 2.45. The first-order valence-electron chi connectivity index (χ1n) is 6.67. The average molecular weight is 300 g/mol. The van der Waals surface area contributed by atoms with Crippen LogP contribution in [0.3, 0.4) is 0 Å². The number of hydrogen-bond acceptors (Lipinski definition) is 4. The molecule has 21 heavy (non-hydrogen) atoms. The van der Waals surface area contributed by atoms with Crippen molar-refractivity contribution in [1.82, 2.24) is 4.98 Å². The molecule has 1 aromatic carbocycles. The van der Waals surface area contributed by atoms with Crippen molar-refractivity contribution in [2.45, 2.75) is 19.3 Å². The summed E-state index contributed by atoms with van der Waals surface area (Å²) in [6.07, 6.45) is 3.20. The summed E-state index contributed by atoms with van der Waals surface area (Å²) < 4.78 is 0. The number of aromatic nitrogens is 1. The van der Waals surface area contributed by atoms with Gasteiger partial charge in [0, 0.05) is 12.8 Å². The molecule has 0 atom stereocenters. The number of carbonyl (C=O) groups is 1. The number of amides is 1. The van der Waals surface area contributed by atoms with Gasteiger partial charge in [-0.3, -0.25) is 4.79 Å². The van der Waals surface area contributed by atoms with Crippen LogP contribution in [0.5, 0.6) is 0 Å². The molecule has 0 unspecified atom stereocenters. The lowest BCUT2D eigenvalue weighted by Crippen LogP contribution is -2.11. The van der Waals surface area contributed by atoms with Gasteiger partial charge in [0.25, 0.3) is 0 Å². The first-order valence-corrected chi connectivity index (χ1v) is 7.49. The number of carbonyl (C=O) groups excluding carboxylic acids is 1. The number of benzene rings is 1. The molecule has 108 valence electrons. The first kappa shape index (κ1) is 15.2. The lowest BCUT2D eigenvalue weighted by Gasteiger charge is -2.01. The summed E-state index contributed by atoms with van der Waals surface area (Å²) in [5.41, 5.74) is 1.14. The van der Waals surface area contributed by atoms with Crippen molar-refractivity contribution in [1.29, 1.82) is 0 Å². The molecular weight excluding hydrogens is 284 g/mol. The first-order chi connectivity index (χ1) is 10.3. The molecule has 4 nitrogen and oxygen atoms in total. The van der Waals surface area contributed by atoms with E-state index >= 15 is 0 Å². The van der Waals surface area contributed by atoms with E-state index in [1.54, 1.807) is 6.20 Å². The van der Waals surface area contributed by atoms with E-state index in [0.717, 1.165) is 10.4 Å². The summed E-state index contributed by atoms with van der Waals surface area (Å²) in [5, 5.41) is 12.0. The molecule has 1 heterocycles. The minimum Gasteiger partial charge on any atom is -0.395 e. The Hall–Kier alpha value is -2.16. The van der Waals surface area contributed by atoms with Crippen molar-refractivity contribution in [3.8, 4) is 11.8 Å². The zero-order valence-electron chi connectivity index (χ0n) is 11.5. The van der Waals surface area contributed by atoms with Gasteiger partial charge in [-0.05, 0) is 12.0 Å². The van der Waals surface area contributed by atoms with Crippen LogP contribution in [0, 0.1) is 11.8 Å². The third-order valence-electron chi connectivity index (χ3n) is 2.68. The predicted molar refractivity (Wildman–Crippen MR) is 84.1 cm³/mol. The van der Waals surface area contributed by atoms with Crippen molar-refractivity contribution in [3.05, 3.63) is 47.0 Å². The van der Waals surface area contributed by atoms with E-state index in [-0.39, 0.29) is 12.5 Å². The zero-order chi connectivity index (χ0) is 14.9. The van der Waals surface area contributed by atoms with Gasteiger partial charge in [0.1, 0.15) is 0 Å². The van der Waals surface area contributed by atoms with Gasteiger partial charge in [0.2, 0.25) is 5.91 Å². The Labute approximate surface area is 127 Å². The second kappa shape index (κ2) is 8.20. The summed E-state index contributed by atoms with van der Waals surface area (Å²) >= 11 is 1.34. The molecule has 0 saturated carbocycles. The fourth-order valence-corrected chi connectivity index (χ4v) is 2.39. The van der Waals surface area contributed by atoms with Crippen LogP contribution in [0.25, 0.3) is 0 Å². The van der Waals surface area contributed by atoms with Crippen LogP contribution in [-0.2, 0) is 11.2 Å². The van der Waals surface area contributed by atoms with Crippen molar-refractivity contribution in [2.24, 2.45) is 0 Å². The van der Waals surface area contributed by atoms with E-state index in [1.165, 1.54) is 11.3 Å². The lowest BCUT2D eigenvalue weighted by atomic mass is 10.1. The van der Waals surface area contributed by atoms with Gasteiger partial charge in [0.05, 0.1) is 17.7 Å². The molecule has 0 aliphatic carbocycles. The van der Waals surface area contributed by atoms with Gasteiger partial charge in [-0.2, -0.15) is 0 Å². The number of aryl methyl sites for hydroxylation is 1. The number of nitrogens with zero attached hydrogens (tertiary/aromatic N) is 1. The molecule has 1 aromatic heterocycles. The van der Waals surface area contributed by atoms with Crippen molar-refractivity contribution in [3.63, 3.8) is 0 Å². The van der Waals surface area contributed by atoms with Gasteiger partial charge in [-0.1, -0.05) is 53.5 Å². The fourth-order valence-electron chi connectivity index (χ4n) is 1.68. The summed E-state index contributed by atoms with van der Waals surface area (Å²) in [6.45, 7) is 0.0505. The summed E-state index contributed by atoms with van der Waals surface area (Å²) in [4.78, 5) is 16.7. The maximum atomic E-state index is 11.8. The van der Waals surface area contributed by atoms with Gasteiger partial charge < -0.3 is 10.4 Å². The molecule has 5 heteroatoms. The van der Waals surface area contributed by atoms with Gasteiger partial charge in [0.15, 0.2) is 5.13 Å². The minimum absolute atomic E-state index is 0.0505. The van der Waals surface area contributed by atoms with Crippen molar-refractivity contribution >= 4 is 22.4 Å². The second-order valence-electron chi connectivity index (χ2n) is 4.34. The molecule has 0 aliphatic heterocycles. The third-order valence-corrected chi connectivity index (χ3v) is 3.51. The molecule has 0 fully saturated rings. The lowest BCUT2D eigenvalue weighted by molar-refractivity contribution is -0.116. The summed E-state index contributed by atoms with van der Waals surface area (Å²) in [5.74, 6) is 5.66. The van der Waals surface area contributed by atoms with E-state index < -0.39 is 0 Å². The van der Waals surface area contributed by atoms with Crippen LogP contribution < -0.4 is 5.32 Å². The number of aliphatic hydroxyl groups excluding tert-OH is 1. The highest BCUT2D eigenvalue weighted by atomic mass is 32.1. The number of anilines is 1. The molecule has 0 saturated heterocycles. The molecule has 2 rings (SSSR count). The zero-order valence-corrected chi connectivity index (χ0v) is 12.3. The number of aliphatic hydroxyl groups is 1. The Balaban J connectivity index is 1.82. The maximum absolute atomic E-state index is 11.8. The summed E-state index contributed by atoms with van der Waals surface area (Å²) in [7, 11) is 0. The summed E-state index contributed by atoms with van der Waals surface area (Å²) in [6, 6.07) is 9.90. The Morgan fingerprint density at radius 1 is 1.33 bits per heavy atom. The van der Waals surface area contributed by atoms with Crippen LogP contribution in [0.15, 0.2) is 36.5 Å². The smallest absolute Gasteiger partial charge is 0.226 e. The Bertz CT molecular complexity index is 641. The van der Waals surface area contributed by atoms with Gasteiger partial charge in [-0.25, -0.2) is 4.98 Å². The van der Waals surface area contributed by atoms with Crippen LogP contribution >= 0.6 is 11.3 Å². The Morgan fingerprint density at radius 3 is 2.90 bits per heavy atom. The average Bonchev–Trinajstić information content (AvgIpc) is 2.94. The quantitative estimate of drug-likeness (QED) is 0.834. The molecule has 0 spiro atoms. The van der Waals surface area contributed by atoms with E-state index in [4.69, 9.17) is 5.11 Å². The van der Waals surface area contributed by atoms with Crippen LogP contribution in [0.1, 0.15) is 23.3 Å². The monoisotopic (exact) mass is 300 g/mol. The highest BCUT2D eigenvalue weighted by molar-refractivity contribution is 7.16. The molecule has 0 bridgehead atoms. The molecule has 2 N–H and O–H groups in total. The third kappa shape index (κ3) is 5.38. The van der Waals surface area contributed by atoms with Gasteiger partial charge in [-0.15, -0.1) is 0 Å². The van der Waals surface area contributed by atoms with Gasteiger partial charge >= 0.3 is 0 Å². The van der Waals surface area contributed by atoms with E-state index in [1.807, 2.05) is 30.3 Å². The minimum atomic E-state index is -0.0527. The highest BCUT2D eigenvalue weighted by Gasteiger charge is 2.06. The molecule has 2 aromatic rings. The molecule has 1 amide bonds. The molecule has 0 aliphatic rings. The largest absolute Gasteiger partial charge is 0.395 e. The standard InChI is InChI=1S/C16H16N2O2S/c19-11-5-4-8-14-12-17-16(21-14)18-15(20)10-9-13-6-2-1-3-7-13/h1-3,6-7,12,19H,5,9-11H2,(H,17,18,20). The molecular formula is C16H16N2O2S. The highest BCUT2D eigenvalue weighted by Crippen LogP contribution is 2.17. The van der Waals surface area contributed by atoms with Crippen molar-refractivity contribution in [2.75, 3.05) is 11.9 Å². The Kier molecular flexibility index (Phi) is 5.95. The normalized spacial score (nSPS) is 9.76. The number of hydrogen-bond donors (Lipinski definition) is 2. The fraction of sp³-hybridized carbons (Fsp3) is 0.250. The number of rotatable bonds is 5. The van der Waals surface area contributed by atoms with E-state index in [2.05, 4.69) is 22.1 Å². The van der Waals surface area contributed by atoms with Crippen molar-refractivity contribution < 1.29 is 9.90 Å². The number of thiazole rings is 1.